The van der Waals surface area contributed by atoms with Gasteiger partial charge in [0.1, 0.15) is 5.82 Å². The molecular formula is C19H17ClFN3O5S. The van der Waals surface area contributed by atoms with E-state index in [2.05, 4.69) is 15.5 Å². The first-order valence-corrected chi connectivity index (χ1v) is 9.83. The second-order valence-electron chi connectivity index (χ2n) is 5.75. The van der Waals surface area contributed by atoms with Crippen LogP contribution in [-0.4, -0.2) is 43.2 Å². The van der Waals surface area contributed by atoms with Gasteiger partial charge in [-0.1, -0.05) is 23.4 Å². The summed E-state index contributed by atoms with van der Waals surface area (Å²) in [6.45, 7) is 0. The van der Waals surface area contributed by atoms with Gasteiger partial charge >= 0.3 is 0 Å². The second-order valence-corrected chi connectivity index (χ2v) is 7.09. The van der Waals surface area contributed by atoms with Gasteiger partial charge in [0.15, 0.2) is 11.5 Å². The Morgan fingerprint density at radius 3 is 2.43 bits per heavy atom. The van der Waals surface area contributed by atoms with Crippen LogP contribution in [-0.2, 0) is 4.79 Å². The van der Waals surface area contributed by atoms with Crippen LogP contribution in [0.2, 0.25) is 5.02 Å². The van der Waals surface area contributed by atoms with Crippen LogP contribution < -0.4 is 19.5 Å². The number of benzene rings is 2. The Kier molecular flexibility index (Phi) is 7.01. The molecule has 11 heteroatoms. The monoisotopic (exact) mass is 453 g/mol. The fraction of sp³-hybridized carbons (Fsp3) is 0.211. The molecule has 0 aliphatic carbocycles. The van der Waals surface area contributed by atoms with Gasteiger partial charge in [0, 0.05) is 11.3 Å². The highest BCUT2D eigenvalue weighted by Gasteiger charge is 2.18. The zero-order chi connectivity index (χ0) is 21.7. The second kappa shape index (κ2) is 9.68. The van der Waals surface area contributed by atoms with Crippen molar-refractivity contribution in [1.29, 1.82) is 0 Å². The molecule has 1 amide bonds. The maximum absolute atomic E-state index is 13.2. The van der Waals surface area contributed by atoms with E-state index in [9.17, 15) is 9.18 Å². The Morgan fingerprint density at radius 2 is 1.83 bits per heavy atom. The van der Waals surface area contributed by atoms with E-state index in [1.54, 1.807) is 12.1 Å². The van der Waals surface area contributed by atoms with Crippen molar-refractivity contribution in [3.63, 3.8) is 0 Å². The number of aromatic nitrogens is 2. The predicted molar refractivity (Wildman–Crippen MR) is 110 cm³/mol. The lowest BCUT2D eigenvalue weighted by Gasteiger charge is -2.12. The Labute approximate surface area is 180 Å². The summed E-state index contributed by atoms with van der Waals surface area (Å²) in [5, 5.41) is 10.7. The van der Waals surface area contributed by atoms with Crippen molar-refractivity contribution in [3.05, 3.63) is 41.2 Å². The molecule has 0 radical (unpaired) electrons. The lowest BCUT2D eigenvalue weighted by molar-refractivity contribution is -0.113. The maximum atomic E-state index is 13.2. The molecule has 1 N–H and O–H groups in total. The van der Waals surface area contributed by atoms with Gasteiger partial charge in [-0.25, -0.2) is 4.39 Å². The molecule has 0 fully saturated rings. The number of carbonyl (C=O) groups is 1. The van der Waals surface area contributed by atoms with Crippen molar-refractivity contribution >= 4 is 35.0 Å². The van der Waals surface area contributed by atoms with E-state index in [0.717, 1.165) is 11.8 Å². The van der Waals surface area contributed by atoms with Crippen LogP contribution in [0.1, 0.15) is 0 Å². The molecule has 3 aromatic rings. The molecule has 3 rings (SSSR count). The summed E-state index contributed by atoms with van der Waals surface area (Å²) >= 11 is 6.75. The van der Waals surface area contributed by atoms with Gasteiger partial charge < -0.3 is 23.9 Å². The smallest absolute Gasteiger partial charge is 0.277 e. The topological polar surface area (TPSA) is 95.7 Å². The van der Waals surface area contributed by atoms with Crippen LogP contribution in [0.4, 0.5) is 10.1 Å². The Bertz CT molecular complexity index is 1040. The zero-order valence-corrected chi connectivity index (χ0v) is 17.8. The van der Waals surface area contributed by atoms with E-state index < -0.39 is 5.82 Å². The Balaban J connectivity index is 1.68. The molecule has 0 spiro atoms. The largest absolute Gasteiger partial charge is 0.493 e. The van der Waals surface area contributed by atoms with E-state index in [4.69, 9.17) is 30.2 Å². The van der Waals surface area contributed by atoms with Crippen molar-refractivity contribution in [2.75, 3.05) is 32.4 Å². The molecular weight excluding hydrogens is 437 g/mol. The number of rotatable bonds is 8. The van der Waals surface area contributed by atoms with E-state index in [1.165, 1.54) is 39.5 Å². The summed E-state index contributed by atoms with van der Waals surface area (Å²) < 4.78 is 34.7. The average Bonchev–Trinajstić information content (AvgIpc) is 3.23. The minimum Gasteiger partial charge on any atom is -0.493 e. The third-order valence-electron chi connectivity index (χ3n) is 3.85. The molecule has 158 valence electrons. The zero-order valence-electron chi connectivity index (χ0n) is 16.2. The number of ether oxygens (including phenoxy) is 3. The molecule has 0 atom stereocenters. The summed E-state index contributed by atoms with van der Waals surface area (Å²) in [4.78, 5) is 12.1. The summed E-state index contributed by atoms with van der Waals surface area (Å²) in [7, 11) is 4.51. The summed E-state index contributed by atoms with van der Waals surface area (Å²) in [6.07, 6.45) is 0. The van der Waals surface area contributed by atoms with Gasteiger partial charge in [0.2, 0.25) is 17.5 Å². The number of nitrogens with zero attached hydrogens (tertiary/aromatic N) is 2. The van der Waals surface area contributed by atoms with Crippen molar-refractivity contribution in [2.45, 2.75) is 5.22 Å². The molecule has 0 aliphatic heterocycles. The van der Waals surface area contributed by atoms with Crippen LogP contribution in [0.5, 0.6) is 17.2 Å². The van der Waals surface area contributed by atoms with Gasteiger partial charge in [0.05, 0.1) is 32.1 Å². The van der Waals surface area contributed by atoms with Crippen LogP contribution >= 0.6 is 23.4 Å². The minimum absolute atomic E-state index is 0.00584. The maximum Gasteiger partial charge on any atom is 0.277 e. The first-order chi connectivity index (χ1) is 14.4. The van der Waals surface area contributed by atoms with Gasteiger partial charge in [-0.3, -0.25) is 4.79 Å². The highest BCUT2D eigenvalue weighted by atomic mass is 35.5. The normalized spacial score (nSPS) is 10.6. The van der Waals surface area contributed by atoms with Crippen molar-refractivity contribution in [1.82, 2.24) is 10.2 Å². The molecule has 0 saturated heterocycles. The first kappa shape index (κ1) is 21.7. The number of carbonyl (C=O) groups excluding carboxylic acids is 1. The highest BCUT2D eigenvalue weighted by molar-refractivity contribution is 7.99. The fourth-order valence-electron chi connectivity index (χ4n) is 2.49. The summed E-state index contributed by atoms with van der Waals surface area (Å²) in [6, 6.07) is 7.27. The quantitative estimate of drug-likeness (QED) is 0.505. The third-order valence-corrected chi connectivity index (χ3v) is 4.96. The van der Waals surface area contributed by atoms with Crippen molar-refractivity contribution in [2.24, 2.45) is 0 Å². The Morgan fingerprint density at radius 1 is 1.13 bits per heavy atom. The standard InChI is InChI=1S/C19H17ClFN3O5S/c1-26-14-6-10(7-15(27-2)17(14)28-3)18-23-24-19(29-18)30-9-16(25)22-11-4-5-13(21)12(20)8-11/h4-8H,9H2,1-3H3,(H,22,25). The average molecular weight is 454 g/mol. The van der Waals surface area contributed by atoms with Crippen LogP contribution in [0.15, 0.2) is 40.0 Å². The van der Waals surface area contributed by atoms with Crippen LogP contribution in [0.3, 0.4) is 0 Å². The first-order valence-electron chi connectivity index (χ1n) is 8.46. The number of hydrogen-bond acceptors (Lipinski definition) is 8. The van der Waals surface area contributed by atoms with Gasteiger partial charge in [-0.05, 0) is 30.3 Å². The third kappa shape index (κ3) is 4.95. The number of methoxy groups -OCH3 is 3. The molecule has 8 nitrogen and oxygen atoms in total. The summed E-state index contributed by atoms with van der Waals surface area (Å²) in [5.41, 5.74) is 0.949. The summed E-state index contributed by atoms with van der Waals surface area (Å²) in [5.74, 6) is 0.654. The lowest BCUT2D eigenvalue weighted by Crippen LogP contribution is -2.14. The minimum atomic E-state index is -0.561. The number of hydrogen-bond donors (Lipinski definition) is 1. The molecule has 0 bridgehead atoms. The molecule has 1 heterocycles. The highest BCUT2D eigenvalue weighted by Crippen LogP contribution is 2.41. The van der Waals surface area contributed by atoms with Gasteiger partial charge in [-0.15, -0.1) is 10.2 Å². The van der Waals surface area contributed by atoms with Crippen LogP contribution in [0.25, 0.3) is 11.5 Å². The van der Waals surface area contributed by atoms with E-state index >= 15 is 0 Å². The van der Waals surface area contributed by atoms with E-state index in [-0.39, 0.29) is 27.8 Å². The van der Waals surface area contributed by atoms with E-state index in [1.807, 2.05) is 0 Å². The molecule has 0 unspecified atom stereocenters. The van der Waals surface area contributed by atoms with Gasteiger partial charge in [0.25, 0.3) is 5.22 Å². The molecule has 0 saturated carbocycles. The van der Waals surface area contributed by atoms with Crippen molar-refractivity contribution in [3.8, 4) is 28.7 Å². The number of amides is 1. The number of anilines is 1. The fourth-order valence-corrected chi connectivity index (χ4v) is 3.23. The number of nitrogens with one attached hydrogen (secondary N) is 1. The number of thioether (sulfide) groups is 1. The molecule has 1 aromatic heterocycles. The van der Waals surface area contributed by atoms with Crippen molar-refractivity contribution < 1.29 is 27.8 Å². The molecule has 2 aromatic carbocycles. The Hall–Kier alpha value is -2.98. The van der Waals surface area contributed by atoms with E-state index in [0.29, 0.717) is 28.5 Å². The molecule has 30 heavy (non-hydrogen) atoms. The molecule has 0 aliphatic rings. The predicted octanol–water partition coefficient (Wildman–Crippen LogP) is 4.29. The SMILES string of the molecule is COc1cc(-c2nnc(SCC(=O)Nc3ccc(F)c(Cl)c3)o2)cc(OC)c1OC. The van der Waals surface area contributed by atoms with Gasteiger partial charge in [-0.2, -0.15) is 0 Å². The lowest BCUT2D eigenvalue weighted by atomic mass is 10.2. The number of halogens is 2. The van der Waals surface area contributed by atoms with Crippen LogP contribution in [0, 0.1) is 5.82 Å².